The van der Waals surface area contributed by atoms with Gasteiger partial charge in [0.1, 0.15) is 23.6 Å². The van der Waals surface area contributed by atoms with Crippen molar-refractivity contribution in [2.75, 3.05) is 6.61 Å². The molecular formula is C22H19F2N3O8. The van der Waals surface area contributed by atoms with Crippen molar-refractivity contribution >= 4 is 23.8 Å². The molecule has 0 saturated carbocycles. The zero-order valence-electron chi connectivity index (χ0n) is 18.2. The lowest BCUT2D eigenvalue weighted by Crippen LogP contribution is -2.49. The smallest absolute Gasteiger partial charge is 0.322 e. The minimum Gasteiger partial charge on any atom is -0.481 e. The Morgan fingerprint density at radius 3 is 2.69 bits per heavy atom. The summed E-state index contributed by atoms with van der Waals surface area (Å²) in [6.45, 7) is 1.55. The third-order valence-corrected chi connectivity index (χ3v) is 5.55. The van der Waals surface area contributed by atoms with Crippen molar-refractivity contribution in [3.05, 3.63) is 63.1 Å². The number of nitrogens with one attached hydrogen (secondary N) is 1. The van der Waals surface area contributed by atoms with Gasteiger partial charge in [-0.1, -0.05) is 6.07 Å². The Labute approximate surface area is 195 Å². The van der Waals surface area contributed by atoms with Crippen molar-refractivity contribution in [3.8, 4) is 5.75 Å². The number of halogens is 2. The fourth-order valence-electron chi connectivity index (χ4n) is 3.93. The number of rotatable bonds is 6. The summed E-state index contributed by atoms with van der Waals surface area (Å²) >= 11 is 0. The van der Waals surface area contributed by atoms with E-state index in [9.17, 15) is 32.8 Å². The molecule has 2 atom stereocenters. The quantitative estimate of drug-likeness (QED) is 0.443. The van der Waals surface area contributed by atoms with E-state index in [1.165, 1.54) is 9.47 Å². The number of benzene rings is 1. The number of aromatic nitrogens is 1. The highest BCUT2D eigenvalue weighted by atomic mass is 19.1. The third-order valence-electron chi connectivity index (χ3n) is 5.55. The van der Waals surface area contributed by atoms with Crippen LogP contribution in [0.4, 0.5) is 8.78 Å². The van der Waals surface area contributed by atoms with Crippen molar-refractivity contribution in [1.82, 2.24) is 14.8 Å². The van der Waals surface area contributed by atoms with Crippen molar-refractivity contribution < 1.29 is 42.5 Å². The van der Waals surface area contributed by atoms with E-state index in [1.807, 2.05) is 0 Å². The summed E-state index contributed by atoms with van der Waals surface area (Å²) in [5, 5.41) is 11.2. The first kappa shape index (κ1) is 24.0. The number of amides is 2. The third kappa shape index (κ3) is 4.62. The molecule has 1 fully saturated rings. The first-order valence-corrected chi connectivity index (χ1v) is 10.4. The molecular weight excluding hydrogens is 472 g/mol. The zero-order valence-corrected chi connectivity index (χ0v) is 18.2. The standard InChI is InChI=1S/C22H19F2N3O8/c1-10-9-34-15-8-26-7-13(21(32)25-6-11-2-3-12(23)4-14(11)24)19(31)20(18(26)22(33)27(10)15)35-17(30)5-16(28)29/h2-4,7,10,15H,5-6,8-9H2,1H3,(H,25,32)(H,28,29)/t10-,15+/m0/s1. The second kappa shape index (κ2) is 9.25. The van der Waals surface area contributed by atoms with Gasteiger partial charge in [0.05, 0.1) is 19.2 Å². The van der Waals surface area contributed by atoms with Gasteiger partial charge in [-0.25, -0.2) is 8.78 Å². The molecule has 2 N–H and O–H groups in total. The highest BCUT2D eigenvalue weighted by molar-refractivity contribution is 6.00. The number of carbonyl (C=O) groups is 4. The van der Waals surface area contributed by atoms with Gasteiger partial charge in [-0.3, -0.25) is 24.0 Å². The molecule has 11 nitrogen and oxygen atoms in total. The van der Waals surface area contributed by atoms with Crippen molar-refractivity contribution in [1.29, 1.82) is 0 Å². The Morgan fingerprint density at radius 2 is 2.00 bits per heavy atom. The van der Waals surface area contributed by atoms with Gasteiger partial charge in [-0.2, -0.15) is 0 Å². The minimum atomic E-state index is -1.52. The zero-order chi connectivity index (χ0) is 25.4. The number of ether oxygens (including phenoxy) is 2. The maximum absolute atomic E-state index is 13.9. The maximum Gasteiger partial charge on any atom is 0.322 e. The van der Waals surface area contributed by atoms with E-state index in [4.69, 9.17) is 14.6 Å². The molecule has 1 aromatic heterocycles. The van der Waals surface area contributed by atoms with E-state index >= 15 is 0 Å². The van der Waals surface area contributed by atoms with Crippen LogP contribution in [0.15, 0.2) is 29.2 Å². The van der Waals surface area contributed by atoms with Crippen LogP contribution >= 0.6 is 0 Å². The molecule has 184 valence electrons. The van der Waals surface area contributed by atoms with Crippen LogP contribution in [0.25, 0.3) is 0 Å². The lowest BCUT2D eigenvalue weighted by Gasteiger charge is -2.34. The molecule has 3 heterocycles. The average molecular weight is 491 g/mol. The van der Waals surface area contributed by atoms with Gasteiger partial charge in [0, 0.05) is 24.4 Å². The van der Waals surface area contributed by atoms with Crippen LogP contribution in [0, 0.1) is 11.6 Å². The number of esters is 1. The van der Waals surface area contributed by atoms with Gasteiger partial charge < -0.3 is 29.4 Å². The molecule has 2 aromatic rings. The minimum absolute atomic E-state index is 0.00203. The van der Waals surface area contributed by atoms with E-state index in [0.29, 0.717) is 6.07 Å². The molecule has 2 aliphatic rings. The lowest BCUT2D eigenvalue weighted by molar-refractivity contribution is -0.145. The molecule has 0 unspecified atom stereocenters. The fourth-order valence-corrected chi connectivity index (χ4v) is 3.93. The van der Waals surface area contributed by atoms with Crippen molar-refractivity contribution in [2.24, 2.45) is 0 Å². The largest absolute Gasteiger partial charge is 0.481 e. The molecule has 35 heavy (non-hydrogen) atoms. The maximum atomic E-state index is 13.9. The van der Waals surface area contributed by atoms with Gasteiger partial charge in [-0.15, -0.1) is 0 Å². The van der Waals surface area contributed by atoms with Crippen molar-refractivity contribution in [2.45, 2.75) is 38.7 Å². The Hall–Kier alpha value is -4.13. The van der Waals surface area contributed by atoms with E-state index in [-0.39, 0.29) is 30.5 Å². The van der Waals surface area contributed by atoms with Crippen LogP contribution in [-0.2, 0) is 27.4 Å². The summed E-state index contributed by atoms with van der Waals surface area (Å²) in [5.41, 5.74) is -2.05. The first-order chi connectivity index (χ1) is 16.6. The summed E-state index contributed by atoms with van der Waals surface area (Å²) in [5.74, 6) is -7.02. The van der Waals surface area contributed by atoms with Crippen LogP contribution < -0.4 is 15.5 Å². The first-order valence-electron chi connectivity index (χ1n) is 10.4. The van der Waals surface area contributed by atoms with E-state index < -0.39 is 71.3 Å². The van der Waals surface area contributed by atoms with Gasteiger partial charge in [0.15, 0.2) is 11.9 Å². The van der Waals surface area contributed by atoms with Crippen LogP contribution in [-0.4, -0.2) is 57.2 Å². The normalized spacial score (nSPS) is 18.6. The fraction of sp³-hybridized carbons (Fsp3) is 0.318. The number of carboxylic acids is 1. The van der Waals surface area contributed by atoms with Gasteiger partial charge in [-0.05, 0) is 13.0 Å². The molecule has 0 spiro atoms. The molecule has 1 saturated heterocycles. The van der Waals surface area contributed by atoms with Gasteiger partial charge >= 0.3 is 11.9 Å². The molecule has 2 amide bonds. The second-order valence-corrected chi connectivity index (χ2v) is 8.01. The SMILES string of the molecule is C[C@H]1CO[C@@H]2Cn3cc(C(=O)NCc4ccc(F)cc4F)c(=O)c(OC(=O)CC(=O)O)c3C(=O)N12. The molecule has 13 heteroatoms. The molecule has 1 aromatic carbocycles. The number of pyridine rings is 1. The second-order valence-electron chi connectivity index (χ2n) is 8.01. The number of aliphatic carboxylic acids is 1. The number of hydrogen-bond donors (Lipinski definition) is 2. The monoisotopic (exact) mass is 491 g/mol. The lowest BCUT2D eigenvalue weighted by atomic mass is 10.1. The predicted molar refractivity (Wildman–Crippen MR) is 111 cm³/mol. The summed E-state index contributed by atoms with van der Waals surface area (Å²) in [4.78, 5) is 63.4. The molecule has 0 radical (unpaired) electrons. The molecule has 2 aliphatic heterocycles. The molecule has 0 bridgehead atoms. The number of hydrogen-bond acceptors (Lipinski definition) is 7. The molecule has 0 aliphatic carbocycles. The number of carboxylic acid groups (broad SMARTS) is 1. The summed E-state index contributed by atoms with van der Waals surface area (Å²) in [6, 6.07) is 2.41. The average Bonchev–Trinajstić information content (AvgIpc) is 3.15. The Bertz CT molecular complexity index is 1310. The van der Waals surface area contributed by atoms with E-state index in [1.54, 1.807) is 6.92 Å². The van der Waals surface area contributed by atoms with Gasteiger partial charge in [0.2, 0.25) is 11.2 Å². The topological polar surface area (TPSA) is 144 Å². The van der Waals surface area contributed by atoms with Crippen molar-refractivity contribution in [3.63, 3.8) is 0 Å². The Kier molecular flexibility index (Phi) is 6.35. The van der Waals surface area contributed by atoms with E-state index in [0.717, 1.165) is 18.3 Å². The highest BCUT2D eigenvalue weighted by Gasteiger charge is 2.43. The summed E-state index contributed by atoms with van der Waals surface area (Å²) in [7, 11) is 0. The van der Waals surface area contributed by atoms with Gasteiger partial charge in [0.25, 0.3) is 11.8 Å². The summed E-state index contributed by atoms with van der Waals surface area (Å²) < 4.78 is 38.8. The van der Waals surface area contributed by atoms with Crippen LogP contribution in [0.1, 0.15) is 39.8 Å². The number of fused-ring (bicyclic) bond motifs is 2. The number of nitrogens with zero attached hydrogens (tertiary/aromatic N) is 2. The molecule has 4 rings (SSSR count). The van der Waals surface area contributed by atoms with Crippen LogP contribution in [0.5, 0.6) is 5.75 Å². The summed E-state index contributed by atoms with van der Waals surface area (Å²) in [6.07, 6.45) is -0.692. The van der Waals surface area contributed by atoms with Crippen LogP contribution in [0.3, 0.4) is 0 Å². The number of carbonyl (C=O) groups excluding carboxylic acids is 3. The van der Waals surface area contributed by atoms with E-state index in [2.05, 4.69) is 5.32 Å². The predicted octanol–water partition coefficient (Wildman–Crippen LogP) is 0.637. The van der Waals surface area contributed by atoms with Crippen LogP contribution in [0.2, 0.25) is 0 Å². The Balaban J connectivity index is 1.71. The Morgan fingerprint density at radius 1 is 1.26 bits per heavy atom. The highest BCUT2D eigenvalue weighted by Crippen LogP contribution is 2.30.